The highest BCUT2D eigenvalue weighted by Gasteiger charge is 2.32. The van der Waals surface area contributed by atoms with E-state index in [0.717, 1.165) is 6.54 Å². The van der Waals surface area contributed by atoms with Gasteiger partial charge in [-0.1, -0.05) is 5.59 Å². The van der Waals surface area contributed by atoms with E-state index in [-0.39, 0.29) is 0 Å². The Kier molecular flexibility index (Phi) is 2.08. The summed E-state index contributed by atoms with van der Waals surface area (Å²) in [6.07, 6.45) is 6.16. The lowest BCUT2D eigenvalue weighted by atomic mass is 10.1. The Bertz CT molecular complexity index is 237. The third-order valence-corrected chi connectivity index (χ3v) is 3.32. The zero-order valence-electron chi connectivity index (χ0n) is 8.22. The first-order valence-electron chi connectivity index (χ1n) is 5.29. The van der Waals surface area contributed by atoms with Gasteiger partial charge < -0.3 is 9.74 Å². The van der Waals surface area contributed by atoms with Gasteiger partial charge in [-0.15, -0.1) is 0 Å². The zero-order valence-corrected chi connectivity index (χ0v) is 8.22. The quantitative estimate of drug-likeness (QED) is 0.633. The number of nitrogens with zero attached hydrogens (tertiary/aromatic N) is 3. The molecule has 0 spiro atoms. The van der Waals surface area contributed by atoms with Crippen LogP contribution in [0.3, 0.4) is 0 Å². The molecule has 0 aliphatic carbocycles. The Hall–Kier alpha value is -0.780. The van der Waals surface area contributed by atoms with Gasteiger partial charge in [0.15, 0.2) is 0 Å². The minimum atomic E-state index is 0.674. The molecule has 0 unspecified atom stereocenters. The van der Waals surface area contributed by atoms with Gasteiger partial charge in [0.1, 0.15) is 6.26 Å². The van der Waals surface area contributed by atoms with Crippen LogP contribution in [0, 0.1) is 0 Å². The number of fused-ring (bicyclic) bond motifs is 4. The maximum Gasteiger partial charge on any atom is 0.132 e. The molecule has 4 aliphatic heterocycles. The molecule has 4 rings (SSSR count). The molecule has 14 heavy (non-hydrogen) atoms. The van der Waals surface area contributed by atoms with E-state index in [0.29, 0.717) is 6.04 Å². The van der Waals surface area contributed by atoms with Gasteiger partial charge in [-0.2, -0.15) is 5.01 Å². The van der Waals surface area contributed by atoms with Crippen molar-refractivity contribution in [3.63, 3.8) is 0 Å². The third kappa shape index (κ3) is 1.37. The van der Waals surface area contributed by atoms with Crippen LogP contribution in [-0.4, -0.2) is 47.2 Å². The van der Waals surface area contributed by atoms with E-state index in [1.165, 1.54) is 32.5 Å². The molecule has 0 aromatic carbocycles. The van der Waals surface area contributed by atoms with Crippen LogP contribution in [0.4, 0.5) is 0 Å². The van der Waals surface area contributed by atoms with E-state index in [9.17, 15) is 0 Å². The Morgan fingerprint density at radius 2 is 2.00 bits per heavy atom. The highest BCUT2D eigenvalue weighted by Crippen LogP contribution is 2.22. The SMILES string of the molecule is C1=CN(N2CCN3CCC2CC3)NO1. The molecule has 0 aromatic heterocycles. The van der Waals surface area contributed by atoms with Crippen LogP contribution in [0.2, 0.25) is 0 Å². The fourth-order valence-electron chi connectivity index (χ4n) is 2.49. The molecule has 4 aliphatic rings. The van der Waals surface area contributed by atoms with Crippen molar-refractivity contribution in [2.75, 3.05) is 26.2 Å². The maximum absolute atomic E-state index is 5.00. The summed E-state index contributed by atoms with van der Waals surface area (Å²) in [7, 11) is 0. The summed E-state index contributed by atoms with van der Waals surface area (Å²) >= 11 is 0. The largest absolute Gasteiger partial charge is 0.394 e. The van der Waals surface area contributed by atoms with E-state index in [1.807, 2.05) is 11.3 Å². The zero-order chi connectivity index (χ0) is 9.38. The molecule has 3 saturated heterocycles. The summed E-state index contributed by atoms with van der Waals surface area (Å²) in [4.78, 5) is 7.54. The Balaban J connectivity index is 1.74. The first kappa shape index (κ1) is 8.52. The summed E-state index contributed by atoms with van der Waals surface area (Å²) in [6.45, 7) is 4.76. The summed E-state index contributed by atoms with van der Waals surface area (Å²) in [5.41, 5.74) is 2.87. The summed E-state index contributed by atoms with van der Waals surface area (Å²) in [5, 5.41) is 4.34. The number of hydrogen-bond donors (Lipinski definition) is 1. The van der Waals surface area contributed by atoms with E-state index in [1.54, 1.807) is 6.26 Å². The third-order valence-electron chi connectivity index (χ3n) is 3.32. The molecule has 0 amide bonds. The van der Waals surface area contributed by atoms with Gasteiger partial charge in [0.25, 0.3) is 0 Å². The fourth-order valence-corrected chi connectivity index (χ4v) is 2.49. The molecular formula is C9H16N4O. The van der Waals surface area contributed by atoms with Crippen molar-refractivity contribution in [2.24, 2.45) is 0 Å². The molecular weight excluding hydrogens is 180 g/mol. The van der Waals surface area contributed by atoms with Crippen LogP contribution in [0.15, 0.2) is 12.5 Å². The fraction of sp³-hybridized carbons (Fsp3) is 0.778. The average Bonchev–Trinajstić information content (AvgIpc) is 2.60. The number of hydrogen-bond acceptors (Lipinski definition) is 5. The number of rotatable bonds is 1. The van der Waals surface area contributed by atoms with Gasteiger partial charge >= 0.3 is 0 Å². The number of piperidine rings is 1. The van der Waals surface area contributed by atoms with E-state index in [4.69, 9.17) is 4.84 Å². The van der Waals surface area contributed by atoms with Crippen molar-refractivity contribution in [1.29, 1.82) is 0 Å². The molecule has 78 valence electrons. The van der Waals surface area contributed by atoms with Gasteiger partial charge in [-0.25, -0.2) is 5.12 Å². The number of hydrazine groups is 2. The van der Waals surface area contributed by atoms with Crippen LogP contribution >= 0.6 is 0 Å². The van der Waals surface area contributed by atoms with Crippen LogP contribution in [0.5, 0.6) is 0 Å². The second-order valence-corrected chi connectivity index (χ2v) is 4.07. The smallest absolute Gasteiger partial charge is 0.132 e. The summed E-state index contributed by atoms with van der Waals surface area (Å²) < 4.78 is 0. The average molecular weight is 196 g/mol. The van der Waals surface area contributed by atoms with E-state index >= 15 is 0 Å². The van der Waals surface area contributed by atoms with Crippen molar-refractivity contribution < 1.29 is 4.84 Å². The molecule has 0 saturated carbocycles. The molecule has 2 bridgehead atoms. The van der Waals surface area contributed by atoms with Gasteiger partial charge in [0.05, 0.1) is 6.20 Å². The van der Waals surface area contributed by atoms with Crippen molar-refractivity contribution in [2.45, 2.75) is 18.9 Å². The first-order valence-corrected chi connectivity index (χ1v) is 5.29. The molecule has 3 fully saturated rings. The summed E-state index contributed by atoms with van der Waals surface area (Å²) in [5.74, 6) is 0. The van der Waals surface area contributed by atoms with Gasteiger partial charge in [0, 0.05) is 19.1 Å². The monoisotopic (exact) mass is 196 g/mol. The molecule has 1 N–H and O–H groups in total. The van der Waals surface area contributed by atoms with Gasteiger partial charge in [0.2, 0.25) is 0 Å². The van der Waals surface area contributed by atoms with Gasteiger partial charge in [-0.05, 0) is 25.9 Å². The highest BCUT2D eigenvalue weighted by molar-refractivity contribution is 4.86. The van der Waals surface area contributed by atoms with E-state index < -0.39 is 0 Å². The molecule has 4 heterocycles. The predicted molar refractivity (Wildman–Crippen MR) is 51.4 cm³/mol. The molecule has 5 heteroatoms. The maximum atomic E-state index is 5.00. The van der Waals surface area contributed by atoms with E-state index in [2.05, 4.69) is 15.5 Å². The number of nitrogens with one attached hydrogen (secondary N) is 1. The lowest BCUT2D eigenvalue weighted by Crippen LogP contribution is -2.50. The Labute approximate surface area is 83.8 Å². The molecule has 5 nitrogen and oxygen atoms in total. The lowest BCUT2D eigenvalue weighted by Gasteiger charge is -2.35. The molecule has 0 atom stereocenters. The van der Waals surface area contributed by atoms with Crippen molar-refractivity contribution in [3.8, 4) is 0 Å². The summed E-state index contributed by atoms with van der Waals surface area (Å²) in [6, 6.07) is 0.674. The normalized spacial score (nSPS) is 37.3. The van der Waals surface area contributed by atoms with Crippen LogP contribution < -0.4 is 5.59 Å². The van der Waals surface area contributed by atoms with Crippen molar-refractivity contribution in [3.05, 3.63) is 12.5 Å². The highest BCUT2D eigenvalue weighted by atomic mass is 16.7. The second kappa shape index (κ2) is 3.42. The minimum Gasteiger partial charge on any atom is -0.394 e. The van der Waals surface area contributed by atoms with Gasteiger partial charge in [-0.3, -0.25) is 0 Å². The topological polar surface area (TPSA) is 31.0 Å². The van der Waals surface area contributed by atoms with Crippen molar-refractivity contribution >= 4 is 0 Å². The lowest BCUT2D eigenvalue weighted by molar-refractivity contribution is -0.122. The minimum absolute atomic E-state index is 0.674. The van der Waals surface area contributed by atoms with Crippen LogP contribution in [0.1, 0.15) is 12.8 Å². The standard InChI is InChI=1S/C9H16N4O/c1-3-11-4-2-9(1)12(6-5-11)13-7-8-14-10-13/h7-10H,1-6H2. The van der Waals surface area contributed by atoms with Crippen molar-refractivity contribution in [1.82, 2.24) is 20.6 Å². The molecule has 0 aromatic rings. The Morgan fingerprint density at radius 3 is 2.71 bits per heavy atom. The molecule has 0 radical (unpaired) electrons. The Morgan fingerprint density at radius 1 is 1.14 bits per heavy atom. The first-order chi connectivity index (χ1) is 6.93. The predicted octanol–water partition coefficient (Wildman–Crippen LogP) is -0.0956. The van der Waals surface area contributed by atoms with Crippen LogP contribution in [0.25, 0.3) is 0 Å². The van der Waals surface area contributed by atoms with Crippen LogP contribution in [-0.2, 0) is 4.84 Å². The second-order valence-electron chi connectivity index (χ2n) is 4.07.